The molecule has 0 saturated carbocycles. The van der Waals surface area contributed by atoms with E-state index in [2.05, 4.69) is 25.9 Å². The lowest BCUT2D eigenvalue weighted by molar-refractivity contribution is -0.149. The normalized spacial score (nSPS) is 12.6. The van der Waals surface area contributed by atoms with Crippen LogP contribution in [-0.4, -0.2) is 43.3 Å². The van der Waals surface area contributed by atoms with Gasteiger partial charge in [-0.05, 0) is 6.92 Å². The van der Waals surface area contributed by atoms with Gasteiger partial charge in [-0.3, -0.25) is 30.2 Å². The van der Waals surface area contributed by atoms with Crippen molar-refractivity contribution in [3.63, 3.8) is 0 Å². The van der Waals surface area contributed by atoms with Gasteiger partial charge in [0, 0.05) is 6.54 Å². The zero-order valence-corrected chi connectivity index (χ0v) is 12.1. The van der Waals surface area contributed by atoms with Crippen molar-refractivity contribution in [2.24, 2.45) is 4.99 Å². The van der Waals surface area contributed by atoms with E-state index in [0.29, 0.717) is 19.0 Å². The van der Waals surface area contributed by atoms with Crippen molar-refractivity contribution in [1.29, 1.82) is 0 Å². The highest BCUT2D eigenvalue weighted by molar-refractivity contribution is 14.0. The number of halogens is 1. The highest BCUT2D eigenvalue weighted by Gasteiger charge is 2.18. The Balaban J connectivity index is 0.00000289. The molecule has 9 heteroatoms. The number of guanidine groups is 1. The van der Waals surface area contributed by atoms with E-state index in [1.807, 2.05) is 0 Å². The van der Waals surface area contributed by atoms with Crippen LogP contribution >= 0.6 is 24.0 Å². The van der Waals surface area contributed by atoms with Gasteiger partial charge in [0.15, 0.2) is 0 Å². The van der Waals surface area contributed by atoms with Crippen LogP contribution in [-0.2, 0) is 19.1 Å². The van der Waals surface area contributed by atoms with Gasteiger partial charge in [-0.2, -0.15) is 0 Å². The van der Waals surface area contributed by atoms with Crippen molar-refractivity contribution >= 4 is 47.6 Å². The Hall–Kier alpha value is -1.39. The van der Waals surface area contributed by atoms with Gasteiger partial charge in [0.2, 0.25) is 11.7 Å². The second-order valence-corrected chi connectivity index (χ2v) is 3.14. The molecule has 1 aliphatic rings. The first-order chi connectivity index (χ1) is 8.13. The van der Waals surface area contributed by atoms with Gasteiger partial charge in [0.25, 0.3) is 0 Å². The maximum atomic E-state index is 11.2. The van der Waals surface area contributed by atoms with E-state index in [4.69, 9.17) is 0 Å². The lowest BCUT2D eigenvalue weighted by Crippen LogP contribution is -2.48. The molecule has 0 unspecified atom stereocenters. The number of rotatable bonds is 4. The molecule has 0 aromatic rings. The molecule has 0 atom stereocenters. The van der Waals surface area contributed by atoms with Crippen LogP contribution in [0.25, 0.3) is 0 Å². The molecule has 1 heterocycles. The number of Topliss-reactive ketones (excluding diaryl/α,β-unsaturated/α-hetero) is 1. The molecule has 0 fully saturated rings. The zero-order chi connectivity index (χ0) is 12.7. The Morgan fingerprint density at radius 2 is 2.17 bits per heavy atom. The van der Waals surface area contributed by atoms with Crippen molar-refractivity contribution in [3.05, 3.63) is 0 Å². The summed E-state index contributed by atoms with van der Waals surface area (Å²) in [5.74, 6) is -2.10. The number of hydrogen-bond acceptors (Lipinski definition) is 7. The van der Waals surface area contributed by atoms with Crippen molar-refractivity contribution in [2.45, 2.75) is 13.3 Å². The molecular formula is C9H15IN4O4. The predicted octanol–water partition coefficient (Wildman–Crippen LogP) is -1.29. The minimum atomic E-state index is -0.908. The number of esters is 1. The molecule has 1 aliphatic heterocycles. The lowest BCUT2D eigenvalue weighted by atomic mass is 10.3. The number of ether oxygens (including phenoxy) is 1. The molecule has 102 valence electrons. The van der Waals surface area contributed by atoms with E-state index in [1.165, 1.54) is 0 Å². The highest BCUT2D eigenvalue weighted by Crippen LogP contribution is 1.88. The second kappa shape index (κ2) is 8.66. The number of carbonyl (C=O) groups is 3. The Labute approximate surface area is 121 Å². The molecule has 0 bridgehead atoms. The molecule has 8 nitrogen and oxygen atoms in total. The van der Waals surface area contributed by atoms with E-state index in [9.17, 15) is 14.4 Å². The minimum Gasteiger partial charge on any atom is -0.466 e. The number of hydrogen-bond donors (Lipinski definition) is 3. The molecule has 0 spiro atoms. The van der Waals surface area contributed by atoms with E-state index < -0.39 is 24.1 Å². The summed E-state index contributed by atoms with van der Waals surface area (Å²) in [7, 11) is 0. The monoisotopic (exact) mass is 370 g/mol. The van der Waals surface area contributed by atoms with E-state index in [1.54, 1.807) is 6.92 Å². The molecular weight excluding hydrogens is 355 g/mol. The number of nitrogens with zero attached hydrogens (tertiary/aromatic N) is 1. The fourth-order valence-corrected chi connectivity index (χ4v) is 1.09. The van der Waals surface area contributed by atoms with Crippen LogP contribution < -0.4 is 16.2 Å². The molecule has 0 saturated heterocycles. The summed E-state index contributed by atoms with van der Waals surface area (Å²) in [6.07, 6.45) is -0.568. The largest absolute Gasteiger partial charge is 0.466 e. The molecule has 1 amide bonds. The summed E-state index contributed by atoms with van der Waals surface area (Å²) >= 11 is 0. The molecule has 0 radical (unpaired) electrons. The van der Waals surface area contributed by atoms with Crippen molar-refractivity contribution < 1.29 is 19.1 Å². The van der Waals surface area contributed by atoms with Gasteiger partial charge in [-0.25, -0.2) is 0 Å². The lowest BCUT2D eigenvalue weighted by Gasteiger charge is -2.07. The third-order valence-electron chi connectivity index (χ3n) is 1.83. The third-order valence-corrected chi connectivity index (χ3v) is 1.83. The quantitative estimate of drug-likeness (QED) is 0.187. The average Bonchev–Trinajstić information content (AvgIpc) is 2.78. The SMILES string of the molecule is CCOC(=O)CC(=O)C(=O)NNC1=NCCN1.I. The van der Waals surface area contributed by atoms with Crippen molar-refractivity contribution in [2.75, 3.05) is 19.7 Å². The predicted molar refractivity (Wildman–Crippen MR) is 73.3 cm³/mol. The Bertz CT molecular complexity index is 358. The third kappa shape index (κ3) is 5.80. The maximum Gasteiger partial charge on any atom is 0.313 e. The smallest absolute Gasteiger partial charge is 0.313 e. The van der Waals surface area contributed by atoms with Gasteiger partial charge in [0.1, 0.15) is 6.42 Å². The van der Waals surface area contributed by atoms with Crippen molar-refractivity contribution in [3.8, 4) is 0 Å². The van der Waals surface area contributed by atoms with Gasteiger partial charge in [-0.1, -0.05) is 0 Å². The number of nitrogens with one attached hydrogen (secondary N) is 3. The van der Waals surface area contributed by atoms with Crippen LogP contribution in [0.2, 0.25) is 0 Å². The number of ketones is 1. The Morgan fingerprint density at radius 3 is 2.72 bits per heavy atom. The summed E-state index contributed by atoms with van der Waals surface area (Å²) in [6.45, 7) is 3.07. The van der Waals surface area contributed by atoms with Crippen molar-refractivity contribution in [1.82, 2.24) is 16.2 Å². The minimum absolute atomic E-state index is 0. The summed E-state index contributed by atoms with van der Waals surface area (Å²) in [5.41, 5.74) is 4.57. The van der Waals surface area contributed by atoms with Crippen LogP contribution in [0.15, 0.2) is 4.99 Å². The van der Waals surface area contributed by atoms with Crippen LogP contribution in [0.5, 0.6) is 0 Å². The summed E-state index contributed by atoms with van der Waals surface area (Å²) in [4.78, 5) is 37.3. The maximum absolute atomic E-state index is 11.2. The van der Waals surface area contributed by atoms with E-state index >= 15 is 0 Å². The molecule has 18 heavy (non-hydrogen) atoms. The number of aliphatic imine (C=N–C) groups is 1. The number of carbonyl (C=O) groups excluding carboxylic acids is 3. The molecule has 0 aliphatic carbocycles. The first-order valence-electron chi connectivity index (χ1n) is 5.16. The fraction of sp³-hybridized carbons (Fsp3) is 0.556. The first-order valence-corrected chi connectivity index (χ1v) is 5.16. The molecule has 3 N–H and O–H groups in total. The summed E-state index contributed by atoms with van der Waals surface area (Å²) in [6, 6.07) is 0. The summed E-state index contributed by atoms with van der Waals surface area (Å²) in [5, 5.41) is 2.83. The second-order valence-electron chi connectivity index (χ2n) is 3.14. The highest BCUT2D eigenvalue weighted by atomic mass is 127. The first kappa shape index (κ1) is 16.6. The molecule has 0 aromatic carbocycles. The summed E-state index contributed by atoms with van der Waals surface area (Å²) < 4.78 is 4.54. The number of hydrazine groups is 1. The Morgan fingerprint density at radius 1 is 1.44 bits per heavy atom. The fourth-order valence-electron chi connectivity index (χ4n) is 1.09. The van der Waals surface area contributed by atoms with Crippen LogP contribution in [0.1, 0.15) is 13.3 Å². The molecule has 0 aromatic heterocycles. The average molecular weight is 370 g/mol. The van der Waals surface area contributed by atoms with Crippen LogP contribution in [0.4, 0.5) is 0 Å². The Kier molecular flexibility index (Phi) is 8.00. The van der Waals surface area contributed by atoms with Gasteiger partial charge in [-0.15, -0.1) is 24.0 Å². The zero-order valence-electron chi connectivity index (χ0n) is 9.82. The van der Waals surface area contributed by atoms with Crippen LogP contribution in [0, 0.1) is 0 Å². The molecule has 1 rings (SSSR count). The van der Waals surface area contributed by atoms with E-state index in [0.717, 1.165) is 0 Å². The number of amides is 1. The van der Waals surface area contributed by atoms with Gasteiger partial charge in [0.05, 0.1) is 13.2 Å². The topological polar surface area (TPSA) is 109 Å². The van der Waals surface area contributed by atoms with Crippen LogP contribution in [0.3, 0.4) is 0 Å². The van der Waals surface area contributed by atoms with Gasteiger partial charge < -0.3 is 10.1 Å². The van der Waals surface area contributed by atoms with Gasteiger partial charge >= 0.3 is 11.9 Å². The van der Waals surface area contributed by atoms with E-state index in [-0.39, 0.29) is 30.6 Å². The standard InChI is InChI=1S/C9H14N4O4.HI/c1-2-17-7(15)5-6(14)8(16)12-13-9-10-3-4-11-9;/h2-5H2,1H3,(H,12,16)(H2,10,11,13);1H.